The third-order valence-electron chi connectivity index (χ3n) is 1.50. The second-order valence-electron chi connectivity index (χ2n) is 2.32. The van der Waals surface area contributed by atoms with Crippen LogP contribution < -0.4 is 15.4 Å². The predicted molar refractivity (Wildman–Crippen MR) is 49.9 cm³/mol. The Balaban J connectivity index is 2.81. The number of methoxy groups -OCH3 is 1. The highest BCUT2D eigenvalue weighted by molar-refractivity contribution is 5.90. The fourth-order valence-electron chi connectivity index (χ4n) is 0.865. The number of amides is 2. The van der Waals surface area contributed by atoms with Gasteiger partial charge in [0, 0.05) is 13.1 Å². The molecule has 0 aliphatic carbocycles. The van der Waals surface area contributed by atoms with Crippen LogP contribution in [0, 0.1) is 6.07 Å². The van der Waals surface area contributed by atoms with Crippen LogP contribution in [0.3, 0.4) is 0 Å². The molecule has 1 radical (unpaired) electrons. The average molecular weight is 179 g/mol. The lowest BCUT2D eigenvalue weighted by molar-refractivity contribution is 0.254. The second kappa shape index (κ2) is 4.35. The van der Waals surface area contributed by atoms with Crippen LogP contribution in [-0.4, -0.2) is 20.2 Å². The number of nitrogens with one attached hydrogen (secondary N) is 2. The van der Waals surface area contributed by atoms with Crippen molar-refractivity contribution < 1.29 is 9.53 Å². The molecule has 0 fully saturated rings. The molecule has 0 heterocycles. The van der Waals surface area contributed by atoms with E-state index in [0.29, 0.717) is 11.4 Å². The largest absolute Gasteiger partial charge is 0.495 e. The fraction of sp³-hybridized carbons (Fsp3) is 0.222. The summed E-state index contributed by atoms with van der Waals surface area (Å²) in [4.78, 5) is 11.0. The minimum atomic E-state index is -0.291. The summed E-state index contributed by atoms with van der Waals surface area (Å²) in [6.45, 7) is 0. The first kappa shape index (κ1) is 9.38. The Morgan fingerprint density at radius 3 is 3.00 bits per heavy atom. The van der Waals surface area contributed by atoms with Crippen LogP contribution in [0.15, 0.2) is 18.2 Å². The summed E-state index contributed by atoms with van der Waals surface area (Å²) in [6, 6.07) is 7.80. The number of carbonyl (C=O) groups excluding carboxylic acids is 1. The summed E-state index contributed by atoms with van der Waals surface area (Å²) in [6.07, 6.45) is 0. The molecule has 13 heavy (non-hydrogen) atoms. The van der Waals surface area contributed by atoms with E-state index in [4.69, 9.17) is 4.74 Å². The Hall–Kier alpha value is -1.71. The van der Waals surface area contributed by atoms with E-state index in [0.717, 1.165) is 0 Å². The summed E-state index contributed by atoms with van der Waals surface area (Å²) >= 11 is 0. The normalized spacial score (nSPS) is 9.08. The lowest BCUT2D eigenvalue weighted by Crippen LogP contribution is -2.24. The molecule has 1 aromatic rings. The highest BCUT2D eigenvalue weighted by Gasteiger charge is 2.03. The van der Waals surface area contributed by atoms with Gasteiger partial charge in [-0.05, 0) is 6.07 Å². The molecule has 1 aromatic carbocycles. The van der Waals surface area contributed by atoms with Crippen LogP contribution in [0.4, 0.5) is 10.5 Å². The van der Waals surface area contributed by atoms with Gasteiger partial charge in [0.25, 0.3) is 0 Å². The molecule has 0 saturated heterocycles. The van der Waals surface area contributed by atoms with Gasteiger partial charge in [-0.25, -0.2) is 4.79 Å². The van der Waals surface area contributed by atoms with Crippen molar-refractivity contribution >= 4 is 11.7 Å². The minimum absolute atomic E-state index is 0.291. The quantitative estimate of drug-likeness (QED) is 0.717. The zero-order chi connectivity index (χ0) is 9.68. The highest BCUT2D eigenvalue weighted by Crippen LogP contribution is 2.21. The number of anilines is 1. The van der Waals surface area contributed by atoms with E-state index in [1.54, 1.807) is 25.2 Å². The average Bonchev–Trinajstić information content (AvgIpc) is 2.18. The molecule has 0 aliphatic rings. The standard InChI is InChI=1S/C9H11N2O2/c1-10-9(12)11-7-5-3-4-6-8(7)13-2/h3-4,6H,1-2H3,(H2,10,11,12). The first-order valence-corrected chi connectivity index (χ1v) is 3.81. The van der Waals surface area contributed by atoms with Crippen molar-refractivity contribution in [3.05, 3.63) is 24.3 Å². The van der Waals surface area contributed by atoms with Gasteiger partial charge in [0.2, 0.25) is 0 Å². The number of carbonyl (C=O) groups is 1. The topological polar surface area (TPSA) is 50.4 Å². The number of benzene rings is 1. The highest BCUT2D eigenvalue weighted by atomic mass is 16.5. The van der Waals surface area contributed by atoms with Crippen LogP contribution in [-0.2, 0) is 0 Å². The summed E-state index contributed by atoms with van der Waals surface area (Å²) in [5.41, 5.74) is 0.532. The van der Waals surface area contributed by atoms with E-state index in [9.17, 15) is 4.79 Å². The Morgan fingerprint density at radius 2 is 2.38 bits per heavy atom. The van der Waals surface area contributed by atoms with Crippen molar-refractivity contribution in [2.24, 2.45) is 0 Å². The number of para-hydroxylation sites is 1. The van der Waals surface area contributed by atoms with Crippen LogP contribution in [0.2, 0.25) is 0 Å². The molecular formula is C9H11N2O2. The van der Waals surface area contributed by atoms with Crippen molar-refractivity contribution in [1.29, 1.82) is 0 Å². The van der Waals surface area contributed by atoms with Crippen LogP contribution in [0.1, 0.15) is 0 Å². The Bertz CT molecular complexity index is 299. The molecule has 4 nitrogen and oxygen atoms in total. The second-order valence-corrected chi connectivity index (χ2v) is 2.32. The van der Waals surface area contributed by atoms with Crippen LogP contribution >= 0.6 is 0 Å². The van der Waals surface area contributed by atoms with Crippen molar-refractivity contribution in [1.82, 2.24) is 5.32 Å². The third kappa shape index (κ3) is 2.37. The van der Waals surface area contributed by atoms with E-state index in [1.807, 2.05) is 0 Å². The van der Waals surface area contributed by atoms with Gasteiger partial charge in [-0.15, -0.1) is 0 Å². The Kier molecular flexibility index (Phi) is 3.14. The van der Waals surface area contributed by atoms with Gasteiger partial charge in [-0.3, -0.25) is 0 Å². The number of rotatable bonds is 2. The maximum Gasteiger partial charge on any atom is 0.319 e. The molecule has 0 aliphatic heterocycles. The van der Waals surface area contributed by atoms with E-state index in [-0.39, 0.29) is 6.03 Å². The van der Waals surface area contributed by atoms with Crippen molar-refractivity contribution in [2.45, 2.75) is 0 Å². The van der Waals surface area contributed by atoms with Crippen LogP contribution in [0.25, 0.3) is 0 Å². The number of hydrogen-bond acceptors (Lipinski definition) is 2. The van der Waals surface area contributed by atoms with E-state index in [2.05, 4.69) is 16.7 Å². The summed E-state index contributed by atoms with van der Waals surface area (Å²) in [5, 5.41) is 5.02. The molecule has 2 amide bonds. The molecule has 0 saturated carbocycles. The van der Waals surface area contributed by atoms with Gasteiger partial charge in [-0.1, -0.05) is 12.1 Å². The number of hydrogen-bond donors (Lipinski definition) is 2. The van der Waals surface area contributed by atoms with Gasteiger partial charge in [0.15, 0.2) is 0 Å². The fourth-order valence-corrected chi connectivity index (χ4v) is 0.865. The van der Waals surface area contributed by atoms with Crippen molar-refractivity contribution in [3.63, 3.8) is 0 Å². The molecule has 0 unspecified atom stereocenters. The lowest BCUT2D eigenvalue weighted by Gasteiger charge is -2.08. The predicted octanol–water partition coefficient (Wildman–Crippen LogP) is 1.25. The maximum absolute atomic E-state index is 11.0. The molecule has 0 atom stereocenters. The molecule has 0 bridgehead atoms. The molecule has 69 valence electrons. The van der Waals surface area contributed by atoms with E-state index >= 15 is 0 Å². The Labute approximate surface area is 76.9 Å². The number of urea groups is 1. The first-order valence-electron chi connectivity index (χ1n) is 3.81. The zero-order valence-electron chi connectivity index (χ0n) is 7.55. The van der Waals surface area contributed by atoms with Gasteiger partial charge in [-0.2, -0.15) is 0 Å². The summed E-state index contributed by atoms with van der Waals surface area (Å²) in [7, 11) is 3.09. The maximum atomic E-state index is 11.0. The molecule has 1 rings (SSSR count). The van der Waals surface area contributed by atoms with Crippen molar-refractivity contribution in [3.8, 4) is 5.75 Å². The Morgan fingerprint density at radius 1 is 1.62 bits per heavy atom. The summed E-state index contributed by atoms with van der Waals surface area (Å²) in [5.74, 6) is 0.589. The third-order valence-corrected chi connectivity index (χ3v) is 1.50. The first-order chi connectivity index (χ1) is 6.27. The lowest BCUT2D eigenvalue weighted by atomic mass is 10.3. The molecule has 0 aromatic heterocycles. The van der Waals surface area contributed by atoms with E-state index in [1.165, 1.54) is 7.11 Å². The number of ether oxygens (including phenoxy) is 1. The van der Waals surface area contributed by atoms with E-state index < -0.39 is 0 Å². The van der Waals surface area contributed by atoms with Crippen LogP contribution in [0.5, 0.6) is 5.75 Å². The van der Waals surface area contributed by atoms with Gasteiger partial charge < -0.3 is 15.4 Å². The van der Waals surface area contributed by atoms with Gasteiger partial charge >= 0.3 is 6.03 Å². The summed E-state index contributed by atoms with van der Waals surface area (Å²) < 4.78 is 5.02. The minimum Gasteiger partial charge on any atom is -0.495 e. The zero-order valence-corrected chi connectivity index (χ0v) is 7.55. The molecule has 2 N–H and O–H groups in total. The SMILES string of the molecule is CNC(=O)Nc1[c]cccc1OC. The molecular weight excluding hydrogens is 168 g/mol. The smallest absolute Gasteiger partial charge is 0.319 e. The van der Waals surface area contributed by atoms with Gasteiger partial charge in [0.05, 0.1) is 12.8 Å². The molecule has 0 spiro atoms. The monoisotopic (exact) mass is 179 g/mol. The van der Waals surface area contributed by atoms with Crippen molar-refractivity contribution in [2.75, 3.05) is 19.5 Å². The van der Waals surface area contributed by atoms with Gasteiger partial charge in [0.1, 0.15) is 5.75 Å². The molecule has 4 heteroatoms.